The minimum absolute atomic E-state index is 0.193. The lowest BCUT2D eigenvalue weighted by Crippen LogP contribution is -2.10. The molecule has 7 nitrogen and oxygen atoms in total. The van der Waals surface area contributed by atoms with E-state index in [9.17, 15) is 18.5 Å². The fourth-order valence-corrected chi connectivity index (χ4v) is 3.00. The number of nitrogens with zero attached hydrogens (tertiary/aromatic N) is 2. The summed E-state index contributed by atoms with van der Waals surface area (Å²) in [6.07, 6.45) is 3.32. The number of nitro benzene ring substituents is 1. The van der Waals surface area contributed by atoms with Crippen LogP contribution in [0.1, 0.15) is 11.3 Å². The summed E-state index contributed by atoms with van der Waals surface area (Å²) in [6, 6.07) is 8.05. The number of benzene rings is 1. The zero-order valence-electron chi connectivity index (χ0n) is 12.8. The summed E-state index contributed by atoms with van der Waals surface area (Å²) < 4.78 is 23.4. The second-order valence-corrected chi connectivity index (χ2v) is 7.15. The Morgan fingerprint density at radius 3 is 2.57 bits per heavy atom. The Kier molecular flexibility index (Phi) is 4.95. The number of sulfone groups is 1. The Morgan fingerprint density at radius 1 is 1.26 bits per heavy atom. The second kappa shape index (κ2) is 6.74. The van der Waals surface area contributed by atoms with E-state index < -0.39 is 20.4 Å². The molecule has 1 heterocycles. The number of anilines is 1. The van der Waals surface area contributed by atoms with Crippen molar-refractivity contribution in [3.63, 3.8) is 0 Å². The Morgan fingerprint density at radius 2 is 2.00 bits per heavy atom. The SMILES string of the molecule is Cc1ccc(CCNc2cccc(S(C)(=O)=O)c2[N+](=O)[O-])cn1. The molecule has 0 aliphatic rings. The van der Waals surface area contributed by atoms with Gasteiger partial charge in [-0.05, 0) is 37.1 Å². The number of hydrogen-bond acceptors (Lipinski definition) is 6. The molecule has 1 N–H and O–H groups in total. The highest BCUT2D eigenvalue weighted by molar-refractivity contribution is 7.90. The van der Waals surface area contributed by atoms with Gasteiger partial charge < -0.3 is 5.32 Å². The first-order chi connectivity index (χ1) is 10.8. The molecule has 0 radical (unpaired) electrons. The summed E-state index contributed by atoms with van der Waals surface area (Å²) in [5.74, 6) is 0. The van der Waals surface area contributed by atoms with Crippen molar-refractivity contribution in [1.82, 2.24) is 4.98 Å². The number of pyridine rings is 1. The van der Waals surface area contributed by atoms with Crippen molar-refractivity contribution in [2.24, 2.45) is 0 Å². The Hall–Kier alpha value is -2.48. The van der Waals surface area contributed by atoms with Gasteiger partial charge in [-0.15, -0.1) is 0 Å². The van der Waals surface area contributed by atoms with Crippen molar-refractivity contribution in [1.29, 1.82) is 0 Å². The van der Waals surface area contributed by atoms with Gasteiger partial charge in [0.05, 0.1) is 4.92 Å². The van der Waals surface area contributed by atoms with Crippen LogP contribution in [0.15, 0.2) is 41.4 Å². The van der Waals surface area contributed by atoms with Crippen molar-refractivity contribution >= 4 is 21.2 Å². The molecule has 0 spiro atoms. The number of aromatic nitrogens is 1. The van der Waals surface area contributed by atoms with Crippen LogP contribution in [-0.2, 0) is 16.3 Å². The fraction of sp³-hybridized carbons (Fsp3) is 0.267. The smallest absolute Gasteiger partial charge is 0.310 e. The second-order valence-electron chi connectivity index (χ2n) is 5.17. The van der Waals surface area contributed by atoms with Gasteiger partial charge in [0, 0.05) is 24.7 Å². The third kappa shape index (κ3) is 4.26. The molecular weight excluding hydrogens is 318 g/mol. The lowest BCUT2D eigenvalue weighted by Gasteiger charge is -2.09. The largest absolute Gasteiger partial charge is 0.379 e. The maximum absolute atomic E-state index is 11.7. The van der Waals surface area contributed by atoms with Crippen LogP contribution in [0.3, 0.4) is 0 Å². The van der Waals surface area contributed by atoms with Crippen molar-refractivity contribution in [3.8, 4) is 0 Å². The molecule has 23 heavy (non-hydrogen) atoms. The molecule has 0 bridgehead atoms. The van der Waals surface area contributed by atoms with E-state index in [1.807, 2.05) is 19.1 Å². The maximum Gasteiger partial charge on any atom is 0.310 e. The molecule has 0 unspecified atom stereocenters. The highest BCUT2D eigenvalue weighted by atomic mass is 32.2. The summed E-state index contributed by atoms with van der Waals surface area (Å²) >= 11 is 0. The van der Waals surface area contributed by atoms with Crippen LogP contribution >= 0.6 is 0 Å². The van der Waals surface area contributed by atoms with Crippen LogP contribution < -0.4 is 5.32 Å². The van der Waals surface area contributed by atoms with E-state index in [1.165, 1.54) is 18.2 Å². The van der Waals surface area contributed by atoms with E-state index >= 15 is 0 Å². The van der Waals surface area contributed by atoms with Gasteiger partial charge in [0.1, 0.15) is 10.6 Å². The predicted molar refractivity (Wildman–Crippen MR) is 87.4 cm³/mol. The highest BCUT2D eigenvalue weighted by Gasteiger charge is 2.25. The van der Waals surface area contributed by atoms with Gasteiger partial charge >= 0.3 is 5.69 Å². The van der Waals surface area contributed by atoms with E-state index in [1.54, 1.807) is 6.20 Å². The van der Waals surface area contributed by atoms with Crippen LogP contribution in [-0.4, -0.2) is 31.1 Å². The molecule has 0 fully saturated rings. The molecule has 0 saturated heterocycles. The van der Waals surface area contributed by atoms with E-state index in [4.69, 9.17) is 0 Å². The topological polar surface area (TPSA) is 102 Å². The summed E-state index contributed by atoms with van der Waals surface area (Å²) in [5.41, 5.74) is 1.68. The molecule has 8 heteroatoms. The van der Waals surface area contributed by atoms with E-state index in [0.717, 1.165) is 17.5 Å². The van der Waals surface area contributed by atoms with Gasteiger partial charge in [0.2, 0.25) is 0 Å². The first kappa shape index (κ1) is 16.9. The lowest BCUT2D eigenvalue weighted by molar-refractivity contribution is -0.386. The van der Waals surface area contributed by atoms with Crippen LogP contribution in [0.4, 0.5) is 11.4 Å². The molecule has 0 saturated carbocycles. The van der Waals surface area contributed by atoms with Crippen molar-refractivity contribution in [2.45, 2.75) is 18.2 Å². The molecule has 1 aromatic carbocycles. The molecule has 1 aromatic heterocycles. The first-order valence-electron chi connectivity index (χ1n) is 6.92. The highest BCUT2D eigenvalue weighted by Crippen LogP contribution is 2.31. The van der Waals surface area contributed by atoms with E-state index in [2.05, 4.69) is 10.3 Å². The van der Waals surface area contributed by atoms with E-state index in [-0.39, 0.29) is 10.6 Å². The summed E-state index contributed by atoms with van der Waals surface area (Å²) in [4.78, 5) is 14.5. The Labute approximate surface area is 134 Å². The lowest BCUT2D eigenvalue weighted by atomic mass is 10.2. The number of rotatable bonds is 6. The molecule has 122 valence electrons. The van der Waals surface area contributed by atoms with Gasteiger partial charge in [0.25, 0.3) is 0 Å². The first-order valence-corrected chi connectivity index (χ1v) is 8.81. The fourth-order valence-electron chi connectivity index (χ4n) is 2.14. The summed E-state index contributed by atoms with van der Waals surface area (Å²) in [7, 11) is -3.67. The average molecular weight is 335 g/mol. The number of hydrogen-bond donors (Lipinski definition) is 1. The van der Waals surface area contributed by atoms with Crippen molar-refractivity contribution in [2.75, 3.05) is 18.1 Å². The third-order valence-electron chi connectivity index (χ3n) is 3.28. The molecule has 2 aromatic rings. The number of nitro groups is 1. The van der Waals surface area contributed by atoms with Crippen molar-refractivity contribution in [3.05, 3.63) is 57.9 Å². The predicted octanol–water partition coefficient (Wildman–Crippen LogP) is 2.36. The van der Waals surface area contributed by atoms with Crippen LogP contribution in [0.5, 0.6) is 0 Å². The van der Waals surface area contributed by atoms with Gasteiger partial charge in [-0.2, -0.15) is 0 Å². The van der Waals surface area contributed by atoms with Crippen LogP contribution in [0.25, 0.3) is 0 Å². The zero-order chi connectivity index (χ0) is 17.0. The molecule has 0 aliphatic carbocycles. The average Bonchev–Trinajstić information content (AvgIpc) is 2.48. The standard InChI is InChI=1S/C15H17N3O4S/c1-11-6-7-12(10-17-11)8-9-16-13-4-3-5-14(23(2,21)22)15(13)18(19)20/h3-7,10,16H,8-9H2,1-2H3. The van der Waals surface area contributed by atoms with Gasteiger partial charge in [0.15, 0.2) is 9.84 Å². The van der Waals surface area contributed by atoms with Crippen molar-refractivity contribution < 1.29 is 13.3 Å². The minimum Gasteiger partial charge on any atom is -0.379 e. The Bertz CT molecular complexity index is 817. The number of aryl methyl sites for hydroxylation is 1. The molecule has 2 rings (SSSR count). The van der Waals surface area contributed by atoms with Crippen LogP contribution in [0, 0.1) is 17.0 Å². The van der Waals surface area contributed by atoms with E-state index in [0.29, 0.717) is 13.0 Å². The molecule has 0 aliphatic heterocycles. The normalized spacial score (nSPS) is 11.2. The summed E-state index contributed by atoms with van der Waals surface area (Å²) in [5, 5.41) is 14.2. The third-order valence-corrected chi connectivity index (χ3v) is 4.41. The minimum atomic E-state index is -3.67. The monoisotopic (exact) mass is 335 g/mol. The quantitative estimate of drug-likeness (QED) is 0.642. The zero-order valence-corrected chi connectivity index (χ0v) is 13.6. The number of para-hydroxylation sites is 1. The summed E-state index contributed by atoms with van der Waals surface area (Å²) in [6.45, 7) is 2.32. The molecule has 0 atom stereocenters. The Balaban J connectivity index is 2.19. The van der Waals surface area contributed by atoms with Gasteiger partial charge in [-0.3, -0.25) is 15.1 Å². The van der Waals surface area contributed by atoms with Gasteiger partial charge in [-0.25, -0.2) is 8.42 Å². The molecule has 0 amide bonds. The maximum atomic E-state index is 11.7. The molecular formula is C15H17N3O4S. The van der Waals surface area contributed by atoms with Gasteiger partial charge in [-0.1, -0.05) is 12.1 Å². The van der Waals surface area contributed by atoms with Crippen LogP contribution in [0.2, 0.25) is 0 Å². The number of nitrogens with one attached hydrogen (secondary N) is 1.